The van der Waals surface area contributed by atoms with Crippen molar-refractivity contribution in [2.45, 2.75) is 4.90 Å². The third-order valence-corrected chi connectivity index (χ3v) is 5.48. The normalized spacial score (nSPS) is 15.0. The fraction of sp³-hybridized carbons (Fsp3) is 0.118. The summed E-state index contributed by atoms with van der Waals surface area (Å²) in [5.74, 6) is -0.00703. The zero-order valence-electron chi connectivity index (χ0n) is 13.4. The Kier molecular flexibility index (Phi) is 4.10. The first-order chi connectivity index (χ1) is 11.9. The Morgan fingerprint density at radius 1 is 1.12 bits per heavy atom. The molecule has 6 nitrogen and oxygen atoms in total. The lowest BCUT2D eigenvalue weighted by Crippen LogP contribution is -2.22. The second kappa shape index (κ2) is 6.11. The summed E-state index contributed by atoms with van der Waals surface area (Å²) in [5, 5.41) is 9.22. The summed E-state index contributed by atoms with van der Waals surface area (Å²) in [6, 6.07) is 10.4. The maximum absolute atomic E-state index is 14.3. The molecule has 1 aliphatic rings. The number of ether oxygens (including phenoxy) is 2. The first-order valence-electron chi connectivity index (χ1n) is 7.11. The molecule has 0 atom stereocenters. The van der Waals surface area contributed by atoms with Gasteiger partial charge in [0.25, 0.3) is 0 Å². The Hall–Kier alpha value is -3.05. The minimum atomic E-state index is -4.22. The average Bonchev–Trinajstić information content (AvgIpc) is 2.61. The van der Waals surface area contributed by atoms with Crippen LogP contribution in [0, 0.1) is 17.1 Å². The van der Waals surface area contributed by atoms with E-state index < -0.39 is 25.5 Å². The fourth-order valence-corrected chi connectivity index (χ4v) is 3.94. The average molecular weight is 360 g/mol. The van der Waals surface area contributed by atoms with Crippen LogP contribution in [0.2, 0.25) is 0 Å². The van der Waals surface area contributed by atoms with Gasteiger partial charge in [0.05, 0.1) is 25.6 Å². The van der Waals surface area contributed by atoms with E-state index in [0.29, 0.717) is 17.2 Å². The highest BCUT2D eigenvalue weighted by Gasteiger charge is 2.35. The molecule has 1 heterocycles. The van der Waals surface area contributed by atoms with Gasteiger partial charge in [0, 0.05) is 12.3 Å². The molecule has 25 heavy (non-hydrogen) atoms. The largest absolute Gasteiger partial charge is 0.497 e. The highest BCUT2D eigenvalue weighted by molar-refractivity contribution is 7.95. The highest BCUT2D eigenvalue weighted by Crippen LogP contribution is 2.44. The second-order valence-electron chi connectivity index (χ2n) is 5.10. The van der Waals surface area contributed by atoms with E-state index in [4.69, 9.17) is 9.47 Å². The molecule has 0 bridgehead atoms. The van der Waals surface area contributed by atoms with E-state index in [0.717, 1.165) is 12.3 Å². The molecule has 0 spiro atoms. The van der Waals surface area contributed by atoms with Crippen molar-refractivity contribution in [2.24, 2.45) is 0 Å². The van der Waals surface area contributed by atoms with Gasteiger partial charge < -0.3 is 14.4 Å². The minimum absolute atomic E-state index is 0.0995. The summed E-state index contributed by atoms with van der Waals surface area (Å²) in [4.78, 5) is 0.325. The molecule has 128 valence electrons. The molecule has 1 aliphatic heterocycles. The summed E-state index contributed by atoms with van der Waals surface area (Å²) in [5.41, 5.74) is 0.542. The number of fused-ring (bicyclic) bond motifs is 1. The van der Waals surface area contributed by atoms with Crippen LogP contribution >= 0.6 is 0 Å². The van der Waals surface area contributed by atoms with Gasteiger partial charge in [0.2, 0.25) is 9.84 Å². The van der Waals surface area contributed by atoms with Crippen molar-refractivity contribution in [3.63, 3.8) is 0 Å². The number of allylic oxidation sites excluding steroid dienone is 1. The molecule has 0 unspecified atom stereocenters. The molecule has 0 saturated heterocycles. The molecule has 0 radical (unpaired) electrons. The summed E-state index contributed by atoms with van der Waals surface area (Å²) < 4.78 is 49.7. The van der Waals surface area contributed by atoms with Gasteiger partial charge in [-0.3, -0.25) is 0 Å². The number of hydrogen-bond donors (Lipinski definition) is 0. The standard InChI is InChI=1S/C17H13FN2O4S/c1-23-11-6-7-14(16(8-11)24-2)20-10-12(9-19)25(21,22)17-13(18)4-3-5-15(17)20/h3-8,10H,1-2H3. The lowest BCUT2D eigenvalue weighted by molar-refractivity contribution is 0.395. The Bertz CT molecular complexity index is 1030. The van der Waals surface area contributed by atoms with Crippen LogP contribution in [0.5, 0.6) is 11.5 Å². The van der Waals surface area contributed by atoms with Crippen LogP contribution in [-0.4, -0.2) is 22.6 Å². The minimum Gasteiger partial charge on any atom is -0.497 e. The van der Waals surface area contributed by atoms with Crippen LogP contribution in [0.1, 0.15) is 0 Å². The third-order valence-electron chi connectivity index (χ3n) is 3.77. The highest BCUT2D eigenvalue weighted by atomic mass is 32.2. The van der Waals surface area contributed by atoms with Gasteiger partial charge in [-0.25, -0.2) is 12.8 Å². The van der Waals surface area contributed by atoms with Gasteiger partial charge in [-0.1, -0.05) is 6.07 Å². The van der Waals surface area contributed by atoms with E-state index in [9.17, 15) is 18.1 Å². The van der Waals surface area contributed by atoms with E-state index in [1.807, 2.05) is 0 Å². The fourth-order valence-electron chi connectivity index (χ4n) is 2.59. The smallest absolute Gasteiger partial charge is 0.223 e. The number of nitrogens with zero attached hydrogens (tertiary/aromatic N) is 2. The number of methoxy groups -OCH3 is 2. The van der Waals surface area contributed by atoms with Crippen molar-refractivity contribution >= 4 is 21.2 Å². The van der Waals surface area contributed by atoms with Crippen LogP contribution in [0.3, 0.4) is 0 Å². The van der Waals surface area contributed by atoms with Crippen molar-refractivity contribution in [1.82, 2.24) is 0 Å². The van der Waals surface area contributed by atoms with Gasteiger partial charge in [-0.15, -0.1) is 0 Å². The number of anilines is 2. The maximum Gasteiger partial charge on any atom is 0.223 e. The van der Waals surface area contributed by atoms with E-state index in [-0.39, 0.29) is 5.69 Å². The number of benzene rings is 2. The Balaban J connectivity index is 2.32. The summed E-state index contributed by atoms with van der Waals surface area (Å²) in [7, 11) is -1.27. The lowest BCUT2D eigenvalue weighted by Gasteiger charge is -2.28. The van der Waals surface area contributed by atoms with Crippen molar-refractivity contribution in [3.8, 4) is 17.6 Å². The first-order valence-corrected chi connectivity index (χ1v) is 8.59. The second-order valence-corrected chi connectivity index (χ2v) is 6.96. The molecular formula is C17H13FN2O4S. The number of halogens is 1. The van der Waals surface area contributed by atoms with Gasteiger partial charge >= 0.3 is 0 Å². The molecule has 0 fully saturated rings. The van der Waals surface area contributed by atoms with E-state index in [1.165, 1.54) is 31.3 Å². The zero-order valence-corrected chi connectivity index (χ0v) is 14.2. The van der Waals surface area contributed by atoms with Crippen molar-refractivity contribution in [2.75, 3.05) is 19.1 Å². The van der Waals surface area contributed by atoms with E-state index in [2.05, 4.69) is 0 Å². The number of sulfone groups is 1. The van der Waals surface area contributed by atoms with Crippen molar-refractivity contribution in [3.05, 3.63) is 53.3 Å². The predicted molar refractivity (Wildman–Crippen MR) is 89.0 cm³/mol. The number of rotatable bonds is 3. The Labute approximate surface area is 144 Å². The number of nitriles is 1. The Morgan fingerprint density at radius 3 is 2.52 bits per heavy atom. The molecule has 0 amide bonds. The lowest BCUT2D eigenvalue weighted by atomic mass is 10.2. The van der Waals surface area contributed by atoms with Crippen molar-refractivity contribution < 1.29 is 22.3 Å². The maximum atomic E-state index is 14.3. The van der Waals surface area contributed by atoms with Crippen LogP contribution in [0.15, 0.2) is 52.4 Å². The van der Waals surface area contributed by atoms with Crippen LogP contribution in [0.25, 0.3) is 0 Å². The molecule has 2 aromatic carbocycles. The van der Waals surface area contributed by atoms with E-state index >= 15 is 0 Å². The zero-order chi connectivity index (χ0) is 18.2. The topological polar surface area (TPSA) is 79.6 Å². The monoisotopic (exact) mass is 360 g/mol. The molecular weight excluding hydrogens is 347 g/mol. The summed E-state index contributed by atoms with van der Waals surface area (Å²) in [6.45, 7) is 0. The van der Waals surface area contributed by atoms with Crippen LogP contribution < -0.4 is 14.4 Å². The quantitative estimate of drug-likeness (QED) is 0.837. The molecule has 8 heteroatoms. The van der Waals surface area contributed by atoms with Gasteiger partial charge in [0.15, 0.2) is 4.91 Å². The Morgan fingerprint density at radius 2 is 1.88 bits per heavy atom. The molecule has 0 aliphatic carbocycles. The molecule has 0 N–H and O–H groups in total. The summed E-state index contributed by atoms with van der Waals surface area (Å²) >= 11 is 0. The number of hydrogen-bond acceptors (Lipinski definition) is 6. The van der Waals surface area contributed by atoms with Gasteiger partial charge in [-0.05, 0) is 24.3 Å². The van der Waals surface area contributed by atoms with E-state index in [1.54, 1.807) is 24.3 Å². The van der Waals surface area contributed by atoms with Gasteiger partial charge in [0.1, 0.15) is 28.3 Å². The first kappa shape index (κ1) is 16.8. The third kappa shape index (κ3) is 2.58. The SMILES string of the molecule is COc1ccc(N2C=C(C#N)S(=O)(=O)c3c(F)cccc32)c(OC)c1. The molecule has 3 rings (SSSR count). The van der Waals surface area contributed by atoms with Crippen LogP contribution in [-0.2, 0) is 9.84 Å². The summed E-state index contributed by atoms with van der Waals surface area (Å²) in [6.07, 6.45) is 1.15. The predicted octanol–water partition coefficient (Wildman–Crippen LogP) is 3.13. The van der Waals surface area contributed by atoms with Crippen molar-refractivity contribution in [1.29, 1.82) is 5.26 Å². The molecule has 2 aromatic rings. The molecule has 0 aromatic heterocycles. The molecule has 0 saturated carbocycles. The van der Waals surface area contributed by atoms with Gasteiger partial charge in [-0.2, -0.15) is 5.26 Å². The van der Waals surface area contributed by atoms with Crippen LogP contribution in [0.4, 0.5) is 15.8 Å².